The first-order valence-electron chi connectivity index (χ1n) is 13.7. The SMILES string of the molecule is CC12CCC3C(C(O)CC4CNCCC43C)C1CCC2CCCCC(=O)NC(CC(=O)O)C(=O)O. The molecule has 0 aromatic heterocycles. The Balaban J connectivity index is 1.30. The van der Waals surface area contributed by atoms with Crippen LogP contribution in [0.5, 0.6) is 0 Å². The zero-order chi connectivity index (χ0) is 25.4. The van der Waals surface area contributed by atoms with Crippen molar-refractivity contribution in [2.75, 3.05) is 13.1 Å². The first-order chi connectivity index (χ1) is 16.6. The summed E-state index contributed by atoms with van der Waals surface area (Å²) < 4.78 is 0. The summed E-state index contributed by atoms with van der Waals surface area (Å²) >= 11 is 0. The Hall–Kier alpha value is -1.67. The molecule has 5 N–H and O–H groups in total. The number of aliphatic hydroxyl groups excluding tert-OH is 1. The second-order valence-electron chi connectivity index (χ2n) is 12.4. The molecule has 3 aliphatic carbocycles. The Morgan fingerprint density at radius 2 is 1.77 bits per heavy atom. The van der Waals surface area contributed by atoms with E-state index in [1.807, 2.05) is 0 Å². The van der Waals surface area contributed by atoms with Gasteiger partial charge in [-0.05, 0) is 105 Å². The summed E-state index contributed by atoms with van der Waals surface area (Å²) in [6.45, 7) is 7.07. The minimum atomic E-state index is -1.38. The summed E-state index contributed by atoms with van der Waals surface area (Å²) in [7, 11) is 0. The average Bonchev–Trinajstić information content (AvgIpc) is 3.12. The van der Waals surface area contributed by atoms with Gasteiger partial charge in [0.15, 0.2) is 0 Å². The van der Waals surface area contributed by atoms with Gasteiger partial charge in [0, 0.05) is 6.42 Å². The van der Waals surface area contributed by atoms with Crippen molar-refractivity contribution in [1.82, 2.24) is 10.6 Å². The molecule has 9 unspecified atom stereocenters. The molecule has 0 bridgehead atoms. The van der Waals surface area contributed by atoms with Gasteiger partial charge in [0.2, 0.25) is 5.91 Å². The number of hydrogen-bond donors (Lipinski definition) is 5. The van der Waals surface area contributed by atoms with E-state index in [9.17, 15) is 19.5 Å². The number of piperidine rings is 1. The number of aliphatic carboxylic acids is 2. The zero-order valence-electron chi connectivity index (χ0n) is 21.3. The summed E-state index contributed by atoms with van der Waals surface area (Å²) in [5.41, 5.74) is 0.590. The number of carboxylic acids is 2. The molecule has 8 nitrogen and oxygen atoms in total. The highest BCUT2D eigenvalue weighted by Crippen LogP contribution is 2.66. The standard InChI is InChI=1S/C27H44N2O6/c1-26-10-9-19-24(21(30)13-17-15-28-12-11-27(17,19)2)18(26)8-7-16(26)5-3-4-6-22(31)29-20(25(34)35)14-23(32)33/h16-21,24,28,30H,3-15H2,1-2H3,(H,29,31)(H,32,33)(H,34,35). The van der Waals surface area contributed by atoms with Gasteiger partial charge in [-0.2, -0.15) is 0 Å². The third-order valence-corrected chi connectivity index (χ3v) is 10.7. The van der Waals surface area contributed by atoms with Crippen LogP contribution in [0.2, 0.25) is 0 Å². The maximum absolute atomic E-state index is 12.2. The van der Waals surface area contributed by atoms with Crippen LogP contribution in [0.1, 0.15) is 84.5 Å². The van der Waals surface area contributed by atoms with Crippen LogP contribution in [0, 0.1) is 40.4 Å². The van der Waals surface area contributed by atoms with Gasteiger partial charge in [-0.15, -0.1) is 0 Å². The van der Waals surface area contributed by atoms with Crippen molar-refractivity contribution in [2.24, 2.45) is 40.4 Å². The van der Waals surface area contributed by atoms with E-state index in [2.05, 4.69) is 24.5 Å². The highest BCUT2D eigenvalue weighted by atomic mass is 16.4. The maximum atomic E-state index is 12.2. The lowest BCUT2D eigenvalue weighted by atomic mass is 9.45. The Bertz CT molecular complexity index is 819. The molecule has 1 aliphatic heterocycles. The number of carboxylic acid groups (broad SMARTS) is 2. The first kappa shape index (κ1) is 26.4. The van der Waals surface area contributed by atoms with Gasteiger partial charge in [0.25, 0.3) is 0 Å². The molecule has 1 amide bonds. The molecule has 198 valence electrons. The van der Waals surface area contributed by atoms with E-state index >= 15 is 0 Å². The maximum Gasteiger partial charge on any atom is 0.326 e. The van der Waals surface area contributed by atoms with Gasteiger partial charge in [0.1, 0.15) is 6.04 Å². The molecule has 35 heavy (non-hydrogen) atoms. The Labute approximate surface area is 208 Å². The van der Waals surface area contributed by atoms with E-state index in [-0.39, 0.29) is 17.9 Å². The number of aliphatic hydroxyl groups is 1. The van der Waals surface area contributed by atoms with Crippen molar-refractivity contribution in [1.29, 1.82) is 0 Å². The van der Waals surface area contributed by atoms with E-state index in [0.717, 1.165) is 32.4 Å². The summed E-state index contributed by atoms with van der Waals surface area (Å²) in [6, 6.07) is -1.38. The molecular weight excluding hydrogens is 448 g/mol. The fourth-order valence-electron chi connectivity index (χ4n) is 8.76. The molecule has 9 atom stereocenters. The van der Waals surface area contributed by atoms with Crippen molar-refractivity contribution in [2.45, 2.75) is 96.6 Å². The predicted octanol–water partition coefficient (Wildman–Crippen LogP) is 3.03. The second-order valence-corrected chi connectivity index (χ2v) is 12.4. The van der Waals surface area contributed by atoms with Crippen LogP contribution in [0.15, 0.2) is 0 Å². The summed E-state index contributed by atoms with van der Waals surface area (Å²) in [5, 5.41) is 35.1. The minimum Gasteiger partial charge on any atom is -0.481 e. The Morgan fingerprint density at radius 3 is 2.49 bits per heavy atom. The molecule has 0 spiro atoms. The monoisotopic (exact) mass is 492 g/mol. The fourth-order valence-corrected chi connectivity index (χ4v) is 8.76. The number of unbranched alkanes of at least 4 members (excludes halogenated alkanes) is 1. The third-order valence-electron chi connectivity index (χ3n) is 10.7. The van der Waals surface area contributed by atoms with Crippen molar-refractivity contribution in [3.8, 4) is 0 Å². The summed E-state index contributed by atoms with van der Waals surface area (Å²) in [4.78, 5) is 34.1. The quantitative estimate of drug-likeness (QED) is 0.312. The van der Waals surface area contributed by atoms with Crippen LogP contribution in [0.25, 0.3) is 0 Å². The molecule has 3 saturated carbocycles. The first-order valence-corrected chi connectivity index (χ1v) is 13.7. The smallest absolute Gasteiger partial charge is 0.326 e. The molecule has 0 aromatic carbocycles. The molecule has 0 radical (unpaired) electrons. The zero-order valence-corrected chi connectivity index (χ0v) is 21.3. The molecular formula is C27H44N2O6. The number of hydrogen-bond acceptors (Lipinski definition) is 5. The van der Waals surface area contributed by atoms with E-state index in [4.69, 9.17) is 10.2 Å². The van der Waals surface area contributed by atoms with E-state index in [1.54, 1.807) is 0 Å². The van der Waals surface area contributed by atoms with Crippen molar-refractivity contribution in [3.05, 3.63) is 0 Å². The molecule has 4 aliphatic rings. The van der Waals surface area contributed by atoms with Crippen molar-refractivity contribution >= 4 is 17.8 Å². The average molecular weight is 493 g/mol. The van der Waals surface area contributed by atoms with Gasteiger partial charge >= 0.3 is 11.9 Å². The molecule has 1 saturated heterocycles. The fraction of sp³-hybridized carbons (Fsp3) is 0.889. The predicted molar refractivity (Wildman–Crippen MR) is 131 cm³/mol. The van der Waals surface area contributed by atoms with Gasteiger partial charge in [-0.1, -0.05) is 20.3 Å². The van der Waals surface area contributed by atoms with Gasteiger partial charge < -0.3 is 26.0 Å². The highest BCUT2D eigenvalue weighted by molar-refractivity contribution is 5.86. The number of amides is 1. The summed E-state index contributed by atoms with van der Waals surface area (Å²) in [5.74, 6) is -0.190. The van der Waals surface area contributed by atoms with Crippen LogP contribution >= 0.6 is 0 Å². The lowest BCUT2D eigenvalue weighted by Gasteiger charge is -2.62. The molecule has 1 heterocycles. The largest absolute Gasteiger partial charge is 0.481 e. The van der Waals surface area contributed by atoms with Crippen LogP contribution in [0.4, 0.5) is 0 Å². The minimum absolute atomic E-state index is 0.196. The van der Waals surface area contributed by atoms with Gasteiger partial charge in [0.05, 0.1) is 12.5 Å². The van der Waals surface area contributed by atoms with Crippen LogP contribution < -0.4 is 10.6 Å². The highest BCUT2D eigenvalue weighted by Gasteiger charge is 2.61. The molecule has 4 rings (SSSR count). The number of carbonyl (C=O) groups is 3. The number of nitrogens with one attached hydrogen (secondary N) is 2. The normalized spacial score (nSPS) is 41.2. The van der Waals surface area contributed by atoms with E-state index < -0.39 is 30.3 Å². The van der Waals surface area contributed by atoms with Crippen molar-refractivity contribution in [3.63, 3.8) is 0 Å². The molecule has 4 fully saturated rings. The van der Waals surface area contributed by atoms with Crippen LogP contribution in [0.3, 0.4) is 0 Å². The molecule has 8 heteroatoms. The van der Waals surface area contributed by atoms with Crippen LogP contribution in [-0.2, 0) is 14.4 Å². The number of rotatable bonds is 9. The number of carbonyl (C=O) groups excluding carboxylic acids is 1. The van der Waals surface area contributed by atoms with E-state index in [1.165, 1.54) is 32.1 Å². The van der Waals surface area contributed by atoms with Gasteiger partial charge in [-0.25, -0.2) is 4.79 Å². The lowest BCUT2D eigenvalue weighted by Crippen LogP contribution is -2.60. The third kappa shape index (κ3) is 5.10. The second kappa shape index (κ2) is 10.4. The van der Waals surface area contributed by atoms with Crippen molar-refractivity contribution < 1.29 is 29.7 Å². The van der Waals surface area contributed by atoms with Gasteiger partial charge in [-0.3, -0.25) is 9.59 Å². The van der Waals surface area contributed by atoms with E-state index in [0.29, 0.717) is 41.4 Å². The Kier molecular flexibility index (Phi) is 7.82. The Morgan fingerprint density at radius 1 is 1.03 bits per heavy atom. The number of fused-ring (bicyclic) bond motifs is 5. The topological polar surface area (TPSA) is 136 Å². The lowest BCUT2D eigenvalue weighted by molar-refractivity contribution is -0.159. The molecule has 0 aromatic rings. The van der Waals surface area contributed by atoms with Crippen LogP contribution in [-0.4, -0.2) is 58.4 Å². The summed E-state index contributed by atoms with van der Waals surface area (Å²) in [6.07, 6.45) is 8.98.